The summed E-state index contributed by atoms with van der Waals surface area (Å²) in [6.07, 6.45) is 0. The molecule has 6 heteroatoms. The molecule has 0 unspecified atom stereocenters. The Balaban J connectivity index is 4.06. The Kier molecular flexibility index (Phi) is 3.75. The summed E-state index contributed by atoms with van der Waals surface area (Å²) >= 11 is 0. The normalized spacial score (nSPS) is 9.50. The van der Waals surface area contributed by atoms with E-state index < -0.39 is 23.8 Å². The first-order valence-electron chi connectivity index (χ1n) is 3.15. The Hall–Kier alpha value is -1.59. The molecule has 68 valence electrons. The molecule has 0 radical (unpaired) electrons. The highest BCUT2D eigenvalue weighted by molar-refractivity contribution is 5.93. The zero-order valence-electron chi connectivity index (χ0n) is 6.40. The Morgan fingerprint density at radius 1 is 1.25 bits per heavy atom. The third kappa shape index (κ3) is 3.55. The fourth-order valence-corrected chi connectivity index (χ4v) is 0.526. The summed E-state index contributed by atoms with van der Waals surface area (Å²) in [7, 11) is 0. The fourth-order valence-electron chi connectivity index (χ4n) is 0.526. The van der Waals surface area contributed by atoms with Crippen molar-refractivity contribution in [3.8, 4) is 0 Å². The molecule has 0 aliphatic carbocycles. The van der Waals surface area contributed by atoms with Crippen molar-refractivity contribution >= 4 is 17.8 Å². The summed E-state index contributed by atoms with van der Waals surface area (Å²) in [6, 6.07) is 0. The molecule has 0 aromatic heterocycles. The number of nitrogens with one attached hydrogen (secondary N) is 1. The molecular formula is C6H9NO5. The van der Waals surface area contributed by atoms with Gasteiger partial charge in [-0.2, -0.15) is 0 Å². The summed E-state index contributed by atoms with van der Waals surface area (Å²) in [5.41, 5.74) is 0. The Morgan fingerprint density at radius 3 is 1.92 bits per heavy atom. The molecule has 0 spiro atoms. The molecule has 0 bridgehead atoms. The van der Waals surface area contributed by atoms with E-state index in [1.165, 1.54) is 6.92 Å². The van der Waals surface area contributed by atoms with Crippen molar-refractivity contribution in [1.29, 1.82) is 0 Å². The van der Waals surface area contributed by atoms with Crippen LogP contribution in [0.15, 0.2) is 0 Å². The quantitative estimate of drug-likeness (QED) is 0.471. The number of hydrogen-bond acceptors (Lipinski definition) is 3. The lowest BCUT2D eigenvalue weighted by Crippen LogP contribution is -2.36. The third-order valence-corrected chi connectivity index (χ3v) is 1.15. The van der Waals surface area contributed by atoms with E-state index >= 15 is 0 Å². The lowest BCUT2D eigenvalue weighted by atomic mass is 10.1. The van der Waals surface area contributed by atoms with Gasteiger partial charge in [0.25, 0.3) is 0 Å². The second-order valence-electron chi connectivity index (χ2n) is 2.17. The lowest BCUT2D eigenvalue weighted by molar-refractivity contribution is -0.154. The minimum Gasteiger partial charge on any atom is -0.481 e. The number of aliphatic carboxylic acids is 2. The van der Waals surface area contributed by atoms with Gasteiger partial charge in [-0.25, -0.2) is 0 Å². The van der Waals surface area contributed by atoms with E-state index in [2.05, 4.69) is 5.32 Å². The molecule has 0 aliphatic heterocycles. The van der Waals surface area contributed by atoms with E-state index in [4.69, 9.17) is 10.2 Å². The average Bonchev–Trinajstić information content (AvgIpc) is 1.84. The zero-order chi connectivity index (χ0) is 9.72. The molecule has 0 heterocycles. The van der Waals surface area contributed by atoms with Gasteiger partial charge in [0, 0.05) is 13.5 Å². The number of carboxylic acid groups (broad SMARTS) is 2. The fraction of sp³-hybridized carbons (Fsp3) is 0.500. The van der Waals surface area contributed by atoms with Crippen LogP contribution in [0, 0.1) is 5.92 Å². The maximum Gasteiger partial charge on any atom is 0.319 e. The third-order valence-electron chi connectivity index (χ3n) is 1.15. The highest BCUT2D eigenvalue weighted by Gasteiger charge is 2.25. The largest absolute Gasteiger partial charge is 0.481 e. The van der Waals surface area contributed by atoms with Gasteiger partial charge in [0.1, 0.15) is 0 Å². The molecule has 6 nitrogen and oxygen atoms in total. The first-order valence-corrected chi connectivity index (χ1v) is 3.15. The highest BCUT2D eigenvalue weighted by Crippen LogP contribution is 1.94. The predicted molar refractivity (Wildman–Crippen MR) is 37.4 cm³/mol. The van der Waals surface area contributed by atoms with Crippen LogP contribution in [0.4, 0.5) is 0 Å². The molecule has 0 aromatic carbocycles. The number of carbonyl (C=O) groups excluding carboxylic acids is 1. The van der Waals surface area contributed by atoms with E-state index in [0.717, 1.165) is 0 Å². The maximum atomic E-state index is 10.3. The van der Waals surface area contributed by atoms with Crippen molar-refractivity contribution in [2.75, 3.05) is 6.54 Å². The van der Waals surface area contributed by atoms with Crippen molar-refractivity contribution in [3.63, 3.8) is 0 Å². The van der Waals surface area contributed by atoms with E-state index in [1.807, 2.05) is 0 Å². The highest BCUT2D eigenvalue weighted by atomic mass is 16.4. The van der Waals surface area contributed by atoms with Gasteiger partial charge in [-0.1, -0.05) is 0 Å². The molecule has 0 aliphatic rings. The number of carbonyl (C=O) groups is 3. The van der Waals surface area contributed by atoms with Gasteiger partial charge in [0.15, 0.2) is 5.92 Å². The minimum absolute atomic E-state index is 0.389. The smallest absolute Gasteiger partial charge is 0.319 e. The molecule has 0 rings (SSSR count). The van der Waals surface area contributed by atoms with E-state index in [9.17, 15) is 14.4 Å². The lowest BCUT2D eigenvalue weighted by Gasteiger charge is -2.06. The number of rotatable bonds is 4. The van der Waals surface area contributed by atoms with Gasteiger partial charge in [0.05, 0.1) is 0 Å². The van der Waals surface area contributed by atoms with Gasteiger partial charge in [0.2, 0.25) is 5.91 Å². The molecule has 0 saturated carbocycles. The monoisotopic (exact) mass is 175 g/mol. The van der Waals surface area contributed by atoms with Crippen LogP contribution in [-0.2, 0) is 14.4 Å². The number of amides is 1. The summed E-state index contributed by atoms with van der Waals surface area (Å²) in [5, 5.41) is 18.8. The summed E-state index contributed by atoms with van der Waals surface area (Å²) < 4.78 is 0. The summed E-state index contributed by atoms with van der Waals surface area (Å²) in [5.74, 6) is -4.95. The van der Waals surface area contributed by atoms with Crippen molar-refractivity contribution in [2.45, 2.75) is 6.92 Å². The number of carboxylic acids is 2. The average molecular weight is 175 g/mol. The predicted octanol–water partition coefficient (Wildman–Crippen LogP) is -1.09. The van der Waals surface area contributed by atoms with Crippen LogP contribution in [0.5, 0.6) is 0 Å². The topological polar surface area (TPSA) is 104 Å². The molecule has 0 fully saturated rings. The SMILES string of the molecule is CC(=O)NCC(C(=O)O)C(=O)O. The Labute approximate surface area is 68.2 Å². The second kappa shape index (κ2) is 4.32. The van der Waals surface area contributed by atoms with Crippen molar-refractivity contribution in [1.82, 2.24) is 5.32 Å². The van der Waals surface area contributed by atoms with Gasteiger partial charge >= 0.3 is 11.9 Å². The minimum atomic E-state index is -1.58. The zero-order valence-corrected chi connectivity index (χ0v) is 6.40. The summed E-state index contributed by atoms with van der Waals surface area (Å²) in [4.78, 5) is 30.7. The van der Waals surface area contributed by atoms with E-state index in [1.54, 1.807) is 0 Å². The van der Waals surface area contributed by atoms with E-state index in [0.29, 0.717) is 0 Å². The first-order chi connectivity index (χ1) is 5.45. The Morgan fingerprint density at radius 2 is 1.67 bits per heavy atom. The van der Waals surface area contributed by atoms with Gasteiger partial charge in [-0.15, -0.1) is 0 Å². The van der Waals surface area contributed by atoms with Crippen molar-refractivity contribution in [2.24, 2.45) is 5.92 Å². The summed E-state index contributed by atoms with van der Waals surface area (Å²) in [6.45, 7) is 0.792. The van der Waals surface area contributed by atoms with Crippen LogP contribution in [-0.4, -0.2) is 34.6 Å². The van der Waals surface area contributed by atoms with Crippen LogP contribution < -0.4 is 5.32 Å². The van der Waals surface area contributed by atoms with Crippen LogP contribution in [0.2, 0.25) is 0 Å². The maximum absolute atomic E-state index is 10.3. The van der Waals surface area contributed by atoms with Crippen LogP contribution in [0.25, 0.3) is 0 Å². The Bertz CT molecular complexity index is 198. The molecule has 1 amide bonds. The molecule has 0 atom stereocenters. The molecule has 12 heavy (non-hydrogen) atoms. The van der Waals surface area contributed by atoms with Crippen molar-refractivity contribution < 1.29 is 24.6 Å². The molecule has 0 saturated heterocycles. The molecular weight excluding hydrogens is 166 g/mol. The van der Waals surface area contributed by atoms with Crippen LogP contribution in [0.1, 0.15) is 6.92 Å². The standard InChI is InChI=1S/C6H9NO5/c1-3(8)7-2-4(5(9)10)6(11)12/h4H,2H2,1H3,(H,7,8)(H,9,10)(H,11,12). The number of hydrogen-bond donors (Lipinski definition) is 3. The van der Waals surface area contributed by atoms with E-state index in [-0.39, 0.29) is 6.54 Å². The van der Waals surface area contributed by atoms with Crippen LogP contribution in [0.3, 0.4) is 0 Å². The first kappa shape index (κ1) is 10.4. The van der Waals surface area contributed by atoms with Crippen LogP contribution >= 0.6 is 0 Å². The molecule has 0 aromatic rings. The van der Waals surface area contributed by atoms with Gasteiger partial charge in [-0.05, 0) is 0 Å². The van der Waals surface area contributed by atoms with Crippen molar-refractivity contribution in [3.05, 3.63) is 0 Å². The van der Waals surface area contributed by atoms with Gasteiger partial charge < -0.3 is 15.5 Å². The second-order valence-corrected chi connectivity index (χ2v) is 2.17. The molecule has 3 N–H and O–H groups in total. The van der Waals surface area contributed by atoms with Gasteiger partial charge in [-0.3, -0.25) is 14.4 Å².